The SMILES string of the molecule is O=C(O)c1cnc(C(=O)Nc2ccc(OC3CCCC3)c(F)c2)cn1. The second-order valence-corrected chi connectivity index (χ2v) is 5.72. The number of benzene rings is 1. The van der Waals surface area contributed by atoms with Crippen molar-refractivity contribution < 1.29 is 23.8 Å². The molecule has 7 nitrogen and oxygen atoms in total. The maximum absolute atomic E-state index is 14.1. The Labute approximate surface area is 142 Å². The zero-order valence-electron chi connectivity index (χ0n) is 13.2. The first-order valence-electron chi connectivity index (χ1n) is 7.86. The summed E-state index contributed by atoms with van der Waals surface area (Å²) in [5.74, 6) is -2.25. The van der Waals surface area contributed by atoms with Crippen LogP contribution in [0.3, 0.4) is 0 Å². The molecule has 1 aliphatic rings. The van der Waals surface area contributed by atoms with E-state index in [0.29, 0.717) is 0 Å². The summed E-state index contributed by atoms with van der Waals surface area (Å²) in [5.41, 5.74) is -0.0990. The number of rotatable bonds is 5. The highest BCUT2D eigenvalue weighted by molar-refractivity contribution is 6.02. The Morgan fingerprint density at radius 1 is 1.16 bits per heavy atom. The van der Waals surface area contributed by atoms with E-state index in [1.165, 1.54) is 18.2 Å². The van der Waals surface area contributed by atoms with Crippen molar-refractivity contribution in [2.24, 2.45) is 0 Å². The predicted octanol–water partition coefficient (Wildman–Crippen LogP) is 2.89. The number of hydrogen-bond acceptors (Lipinski definition) is 5. The Morgan fingerprint density at radius 3 is 2.44 bits per heavy atom. The third-order valence-corrected chi connectivity index (χ3v) is 3.89. The second kappa shape index (κ2) is 7.25. The molecule has 0 atom stereocenters. The summed E-state index contributed by atoms with van der Waals surface area (Å²) in [6.45, 7) is 0. The Hall–Kier alpha value is -3.03. The molecule has 1 saturated carbocycles. The number of anilines is 1. The number of aromatic carboxylic acids is 1. The molecule has 0 spiro atoms. The van der Waals surface area contributed by atoms with Gasteiger partial charge in [-0.2, -0.15) is 0 Å². The minimum Gasteiger partial charge on any atom is -0.487 e. The number of amides is 1. The standard InChI is InChI=1S/C17H16FN3O4/c18-12-7-10(5-6-15(12)25-11-3-1-2-4-11)21-16(22)13-8-20-14(9-19-13)17(23)24/h5-9,11H,1-4H2,(H,21,22)(H,23,24). The van der Waals surface area contributed by atoms with Gasteiger partial charge in [0.1, 0.15) is 5.69 Å². The van der Waals surface area contributed by atoms with Crippen LogP contribution in [0.2, 0.25) is 0 Å². The molecule has 1 aliphatic carbocycles. The van der Waals surface area contributed by atoms with Crippen molar-refractivity contribution in [3.05, 3.63) is 47.8 Å². The molecule has 0 radical (unpaired) electrons. The lowest BCUT2D eigenvalue weighted by molar-refractivity contribution is 0.0689. The van der Waals surface area contributed by atoms with E-state index in [-0.39, 0.29) is 28.9 Å². The molecule has 8 heteroatoms. The van der Waals surface area contributed by atoms with Gasteiger partial charge in [-0.05, 0) is 37.8 Å². The van der Waals surface area contributed by atoms with Gasteiger partial charge in [-0.3, -0.25) is 4.79 Å². The van der Waals surface area contributed by atoms with E-state index in [1.807, 2.05) is 0 Å². The van der Waals surface area contributed by atoms with E-state index >= 15 is 0 Å². The number of carbonyl (C=O) groups excluding carboxylic acids is 1. The molecule has 0 bridgehead atoms. The fourth-order valence-electron chi connectivity index (χ4n) is 2.61. The van der Waals surface area contributed by atoms with Crippen molar-refractivity contribution in [1.29, 1.82) is 0 Å². The Balaban J connectivity index is 1.66. The average molecular weight is 345 g/mol. The number of hydrogen-bond donors (Lipinski definition) is 2. The van der Waals surface area contributed by atoms with Gasteiger partial charge in [-0.1, -0.05) is 0 Å². The molecule has 0 saturated heterocycles. The van der Waals surface area contributed by atoms with Gasteiger partial charge in [0.15, 0.2) is 17.3 Å². The fraction of sp³-hybridized carbons (Fsp3) is 0.294. The van der Waals surface area contributed by atoms with Gasteiger partial charge < -0.3 is 15.2 Å². The molecule has 2 aromatic rings. The summed E-state index contributed by atoms with van der Waals surface area (Å²) in [6, 6.07) is 4.17. The molecule has 1 amide bonds. The van der Waals surface area contributed by atoms with Crippen LogP contribution in [0.4, 0.5) is 10.1 Å². The summed E-state index contributed by atoms with van der Waals surface area (Å²) >= 11 is 0. The van der Waals surface area contributed by atoms with Crippen LogP contribution in [-0.4, -0.2) is 33.1 Å². The van der Waals surface area contributed by atoms with Gasteiger partial charge >= 0.3 is 5.97 Å². The molecule has 0 aliphatic heterocycles. The molecule has 1 aromatic heterocycles. The summed E-state index contributed by atoms with van der Waals surface area (Å²) in [7, 11) is 0. The molecule has 2 N–H and O–H groups in total. The molecule has 1 aromatic carbocycles. The number of aromatic nitrogens is 2. The highest BCUT2D eigenvalue weighted by atomic mass is 19.1. The molecule has 3 rings (SSSR count). The van der Waals surface area contributed by atoms with E-state index in [2.05, 4.69) is 15.3 Å². The second-order valence-electron chi connectivity index (χ2n) is 5.72. The lowest BCUT2D eigenvalue weighted by Gasteiger charge is -2.14. The maximum Gasteiger partial charge on any atom is 0.356 e. The van der Waals surface area contributed by atoms with E-state index in [9.17, 15) is 14.0 Å². The molecule has 0 unspecified atom stereocenters. The van der Waals surface area contributed by atoms with Crippen molar-refractivity contribution >= 4 is 17.6 Å². The summed E-state index contributed by atoms with van der Waals surface area (Å²) in [6.07, 6.45) is 6.08. The van der Waals surface area contributed by atoms with Crippen LogP contribution in [0.1, 0.15) is 46.7 Å². The zero-order valence-corrected chi connectivity index (χ0v) is 13.2. The Bertz CT molecular complexity index is 789. The van der Waals surface area contributed by atoms with E-state index in [1.54, 1.807) is 0 Å². The molecule has 25 heavy (non-hydrogen) atoms. The van der Waals surface area contributed by atoms with Crippen molar-refractivity contribution in [2.45, 2.75) is 31.8 Å². The van der Waals surface area contributed by atoms with Gasteiger partial charge in [-0.15, -0.1) is 0 Å². The minimum absolute atomic E-state index is 0.0398. The fourth-order valence-corrected chi connectivity index (χ4v) is 2.61. The zero-order chi connectivity index (χ0) is 17.8. The van der Waals surface area contributed by atoms with Gasteiger partial charge in [-0.25, -0.2) is 19.2 Å². The third-order valence-electron chi connectivity index (χ3n) is 3.89. The van der Waals surface area contributed by atoms with Crippen molar-refractivity contribution in [3.8, 4) is 5.75 Å². The smallest absolute Gasteiger partial charge is 0.356 e. The lowest BCUT2D eigenvalue weighted by atomic mass is 10.2. The van der Waals surface area contributed by atoms with E-state index in [4.69, 9.17) is 9.84 Å². The minimum atomic E-state index is -1.24. The van der Waals surface area contributed by atoms with Crippen LogP contribution in [0.15, 0.2) is 30.6 Å². The number of carboxylic acid groups (broad SMARTS) is 1. The molecule has 1 heterocycles. The molecule has 1 fully saturated rings. The number of carbonyl (C=O) groups is 2. The lowest BCUT2D eigenvalue weighted by Crippen LogP contribution is -2.16. The van der Waals surface area contributed by atoms with Crippen LogP contribution in [0.25, 0.3) is 0 Å². The monoisotopic (exact) mass is 345 g/mol. The Morgan fingerprint density at radius 2 is 1.84 bits per heavy atom. The first-order valence-corrected chi connectivity index (χ1v) is 7.86. The first kappa shape index (κ1) is 16.8. The van der Waals surface area contributed by atoms with Crippen LogP contribution in [0.5, 0.6) is 5.75 Å². The normalized spacial score (nSPS) is 14.3. The van der Waals surface area contributed by atoms with Crippen LogP contribution in [-0.2, 0) is 0 Å². The number of nitrogens with one attached hydrogen (secondary N) is 1. The topological polar surface area (TPSA) is 101 Å². The average Bonchev–Trinajstić information content (AvgIpc) is 3.10. The van der Waals surface area contributed by atoms with E-state index < -0.39 is 17.7 Å². The number of ether oxygens (including phenoxy) is 1. The first-order chi connectivity index (χ1) is 12.0. The Kier molecular flexibility index (Phi) is 4.87. The highest BCUT2D eigenvalue weighted by Gasteiger charge is 2.18. The third kappa shape index (κ3) is 4.09. The van der Waals surface area contributed by atoms with Crippen molar-refractivity contribution in [2.75, 3.05) is 5.32 Å². The van der Waals surface area contributed by atoms with Gasteiger partial charge in [0, 0.05) is 11.8 Å². The summed E-state index contributed by atoms with van der Waals surface area (Å²) < 4.78 is 19.7. The largest absolute Gasteiger partial charge is 0.487 e. The van der Waals surface area contributed by atoms with Gasteiger partial charge in [0.25, 0.3) is 5.91 Å². The van der Waals surface area contributed by atoms with Crippen LogP contribution >= 0.6 is 0 Å². The predicted molar refractivity (Wildman–Crippen MR) is 86.2 cm³/mol. The van der Waals surface area contributed by atoms with Crippen molar-refractivity contribution in [3.63, 3.8) is 0 Å². The van der Waals surface area contributed by atoms with E-state index in [0.717, 1.165) is 38.1 Å². The highest BCUT2D eigenvalue weighted by Crippen LogP contribution is 2.27. The number of carboxylic acids is 1. The van der Waals surface area contributed by atoms with Gasteiger partial charge in [0.2, 0.25) is 0 Å². The maximum atomic E-state index is 14.1. The van der Waals surface area contributed by atoms with Gasteiger partial charge in [0.05, 0.1) is 18.5 Å². The summed E-state index contributed by atoms with van der Waals surface area (Å²) in [5, 5.41) is 11.2. The molecular formula is C17H16FN3O4. The van der Waals surface area contributed by atoms with Crippen LogP contribution in [0, 0.1) is 5.82 Å². The molecule has 130 valence electrons. The number of halogens is 1. The summed E-state index contributed by atoms with van der Waals surface area (Å²) in [4.78, 5) is 30.1. The van der Waals surface area contributed by atoms with Crippen molar-refractivity contribution in [1.82, 2.24) is 9.97 Å². The van der Waals surface area contributed by atoms with Crippen LogP contribution < -0.4 is 10.1 Å². The number of nitrogens with zero attached hydrogens (tertiary/aromatic N) is 2. The molecular weight excluding hydrogens is 329 g/mol. The quantitative estimate of drug-likeness (QED) is 0.864.